The number of hydrogen-bond acceptors (Lipinski definition) is 8. The molecule has 0 aromatic carbocycles. The van der Waals surface area contributed by atoms with Crippen molar-refractivity contribution in [2.45, 2.75) is 33.0 Å². The molecule has 1 unspecified atom stereocenters. The highest BCUT2D eigenvalue weighted by atomic mass is 16.6. The van der Waals surface area contributed by atoms with E-state index >= 15 is 0 Å². The largest absolute Gasteiger partial charge is 0.466 e. The average molecular weight is 371 g/mol. The van der Waals surface area contributed by atoms with Gasteiger partial charge in [-0.2, -0.15) is 9.78 Å². The summed E-state index contributed by atoms with van der Waals surface area (Å²) in [7, 11) is 1.30. The second kappa shape index (κ2) is 8.09. The topological polar surface area (TPSA) is 101 Å². The third-order valence-corrected chi connectivity index (χ3v) is 3.81. The minimum Gasteiger partial charge on any atom is -0.466 e. The number of methoxy groups -OCH3 is 1. The van der Waals surface area contributed by atoms with Crippen molar-refractivity contribution < 1.29 is 19.0 Å². The first kappa shape index (κ1) is 18.7. The predicted molar refractivity (Wildman–Crippen MR) is 96.7 cm³/mol. The van der Waals surface area contributed by atoms with E-state index < -0.39 is 12.1 Å². The molecule has 1 atom stereocenters. The van der Waals surface area contributed by atoms with E-state index in [0.717, 1.165) is 5.56 Å². The predicted octanol–water partition coefficient (Wildman–Crippen LogP) is 1.86. The molecule has 27 heavy (non-hydrogen) atoms. The van der Waals surface area contributed by atoms with Crippen LogP contribution in [0.4, 0.5) is 0 Å². The van der Waals surface area contributed by atoms with Gasteiger partial charge in [0.15, 0.2) is 11.5 Å². The molecule has 0 spiro atoms. The van der Waals surface area contributed by atoms with Gasteiger partial charge in [-0.3, -0.25) is 0 Å². The van der Waals surface area contributed by atoms with Crippen LogP contribution < -0.4 is 4.74 Å². The van der Waals surface area contributed by atoms with Gasteiger partial charge in [-0.25, -0.2) is 19.7 Å². The summed E-state index contributed by atoms with van der Waals surface area (Å²) < 4.78 is 17.7. The molecule has 0 saturated heterocycles. The van der Waals surface area contributed by atoms with Gasteiger partial charge in [-0.05, 0) is 32.4 Å². The molecule has 0 N–H and O–H groups in total. The van der Waals surface area contributed by atoms with Crippen LogP contribution in [0, 0.1) is 6.92 Å². The summed E-state index contributed by atoms with van der Waals surface area (Å²) in [5, 5.41) is 4.91. The zero-order valence-electron chi connectivity index (χ0n) is 15.6. The molecule has 3 rings (SSSR count). The molecule has 3 aromatic heterocycles. The Bertz CT molecular complexity index is 940. The van der Waals surface area contributed by atoms with Crippen LogP contribution in [0.2, 0.25) is 0 Å². The number of esters is 1. The van der Waals surface area contributed by atoms with Crippen LogP contribution in [-0.2, 0) is 14.3 Å². The minimum absolute atomic E-state index is 0.0450. The smallest absolute Gasteiger partial charge is 0.349 e. The number of aromatic nitrogens is 5. The molecule has 0 amide bonds. The van der Waals surface area contributed by atoms with Crippen LogP contribution >= 0.6 is 0 Å². The Kier molecular flexibility index (Phi) is 5.60. The fourth-order valence-electron chi connectivity index (χ4n) is 2.47. The summed E-state index contributed by atoms with van der Waals surface area (Å²) >= 11 is 0. The van der Waals surface area contributed by atoms with Crippen LogP contribution in [0.25, 0.3) is 16.9 Å². The second-order valence-corrected chi connectivity index (χ2v) is 6.13. The van der Waals surface area contributed by atoms with Gasteiger partial charge < -0.3 is 14.2 Å². The lowest BCUT2D eigenvalue weighted by Crippen LogP contribution is -2.34. The van der Waals surface area contributed by atoms with Crippen molar-refractivity contribution in [3.05, 3.63) is 36.4 Å². The average Bonchev–Trinajstić information content (AvgIpc) is 3.09. The lowest BCUT2D eigenvalue weighted by Gasteiger charge is -2.18. The molecular formula is C18H21N5O4. The number of pyridine rings is 1. The van der Waals surface area contributed by atoms with E-state index in [4.69, 9.17) is 14.2 Å². The Morgan fingerprint density at radius 1 is 1.26 bits per heavy atom. The first-order valence-corrected chi connectivity index (χ1v) is 8.48. The fraction of sp³-hybridized carbons (Fsp3) is 0.389. The summed E-state index contributed by atoms with van der Waals surface area (Å²) in [6, 6.07) is 3.79. The van der Waals surface area contributed by atoms with Crippen molar-refractivity contribution in [1.82, 2.24) is 24.7 Å². The van der Waals surface area contributed by atoms with E-state index in [-0.39, 0.29) is 18.6 Å². The Hall–Kier alpha value is -3.07. The molecule has 3 heterocycles. The SMILES string of the molecule is COC(=O)C(COC(C)C)Oc1ncnc2c1cnn2-c1ncccc1C. The molecule has 0 radical (unpaired) electrons. The van der Waals surface area contributed by atoms with Crippen molar-refractivity contribution in [3.63, 3.8) is 0 Å². The van der Waals surface area contributed by atoms with E-state index in [2.05, 4.69) is 20.1 Å². The first-order chi connectivity index (χ1) is 13.0. The summed E-state index contributed by atoms with van der Waals surface area (Å²) in [5.74, 6) is 0.336. The Balaban J connectivity index is 1.95. The van der Waals surface area contributed by atoms with Gasteiger partial charge in [0.25, 0.3) is 0 Å². The Labute approximate surface area is 156 Å². The van der Waals surface area contributed by atoms with E-state index in [1.54, 1.807) is 17.1 Å². The zero-order valence-corrected chi connectivity index (χ0v) is 15.6. The Morgan fingerprint density at radius 3 is 2.78 bits per heavy atom. The number of nitrogens with zero attached hydrogens (tertiary/aromatic N) is 5. The van der Waals surface area contributed by atoms with Crippen molar-refractivity contribution in [1.29, 1.82) is 0 Å². The number of fused-ring (bicyclic) bond motifs is 1. The third kappa shape index (κ3) is 4.03. The van der Waals surface area contributed by atoms with Gasteiger partial charge >= 0.3 is 5.97 Å². The molecule has 3 aromatic rings. The van der Waals surface area contributed by atoms with E-state index in [9.17, 15) is 4.79 Å². The normalized spacial score (nSPS) is 12.3. The lowest BCUT2D eigenvalue weighted by atomic mass is 10.3. The molecule has 0 aliphatic heterocycles. The number of ether oxygens (including phenoxy) is 3. The molecule has 0 saturated carbocycles. The second-order valence-electron chi connectivity index (χ2n) is 6.13. The third-order valence-electron chi connectivity index (χ3n) is 3.81. The highest BCUT2D eigenvalue weighted by Crippen LogP contribution is 2.24. The van der Waals surface area contributed by atoms with Crippen LogP contribution in [0.5, 0.6) is 5.88 Å². The van der Waals surface area contributed by atoms with Gasteiger partial charge in [-0.1, -0.05) is 6.07 Å². The first-order valence-electron chi connectivity index (χ1n) is 8.48. The van der Waals surface area contributed by atoms with Crippen LogP contribution in [0.15, 0.2) is 30.9 Å². The monoisotopic (exact) mass is 371 g/mol. The van der Waals surface area contributed by atoms with Gasteiger partial charge in [0, 0.05) is 6.20 Å². The van der Waals surface area contributed by atoms with Gasteiger partial charge in [0.2, 0.25) is 12.0 Å². The standard InChI is InChI=1S/C18H21N5O4/c1-11(2)26-9-14(18(24)25-4)27-17-13-8-22-23(16(13)20-10-21-17)15-12(3)6-5-7-19-15/h5-8,10-11,14H,9H2,1-4H3. The summed E-state index contributed by atoms with van der Waals surface area (Å²) in [6.07, 6.45) is 3.61. The fourth-order valence-corrected chi connectivity index (χ4v) is 2.47. The maximum Gasteiger partial charge on any atom is 0.349 e. The van der Waals surface area contributed by atoms with Crippen LogP contribution in [0.3, 0.4) is 0 Å². The highest BCUT2D eigenvalue weighted by molar-refractivity contribution is 5.82. The van der Waals surface area contributed by atoms with E-state index in [1.807, 2.05) is 32.9 Å². The number of rotatable bonds is 7. The molecule has 0 aliphatic carbocycles. The molecule has 9 heteroatoms. The van der Waals surface area contributed by atoms with Crippen molar-refractivity contribution >= 4 is 17.0 Å². The number of hydrogen-bond donors (Lipinski definition) is 0. The molecule has 0 fully saturated rings. The maximum absolute atomic E-state index is 12.0. The molecule has 9 nitrogen and oxygen atoms in total. The van der Waals surface area contributed by atoms with Crippen molar-refractivity contribution in [3.8, 4) is 11.7 Å². The molecule has 142 valence electrons. The zero-order chi connectivity index (χ0) is 19.4. The molecule has 0 aliphatic rings. The summed E-state index contributed by atoms with van der Waals surface area (Å²) in [6.45, 7) is 5.72. The van der Waals surface area contributed by atoms with Gasteiger partial charge in [-0.15, -0.1) is 0 Å². The molecule has 0 bridgehead atoms. The summed E-state index contributed by atoms with van der Waals surface area (Å²) in [4.78, 5) is 24.8. The maximum atomic E-state index is 12.0. The Morgan fingerprint density at radius 2 is 2.07 bits per heavy atom. The lowest BCUT2D eigenvalue weighted by molar-refractivity contribution is -0.152. The minimum atomic E-state index is -0.949. The number of aryl methyl sites for hydroxylation is 1. The summed E-state index contributed by atoms with van der Waals surface area (Å²) in [5.41, 5.74) is 1.47. The number of carbonyl (C=O) groups excluding carboxylic acids is 1. The van der Waals surface area contributed by atoms with E-state index in [0.29, 0.717) is 16.9 Å². The quantitative estimate of drug-likeness (QED) is 0.580. The molecular weight excluding hydrogens is 350 g/mol. The van der Waals surface area contributed by atoms with Crippen LogP contribution in [-0.4, -0.2) is 56.6 Å². The number of carbonyl (C=O) groups is 1. The highest BCUT2D eigenvalue weighted by Gasteiger charge is 2.25. The van der Waals surface area contributed by atoms with Gasteiger partial charge in [0.05, 0.1) is 26.0 Å². The van der Waals surface area contributed by atoms with Gasteiger partial charge in [0.1, 0.15) is 11.7 Å². The van der Waals surface area contributed by atoms with Crippen molar-refractivity contribution in [2.75, 3.05) is 13.7 Å². The van der Waals surface area contributed by atoms with E-state index in [1.165, 1.54) is 13.4 Å². The van der Waals surface area contributed by atoms with Crippen LogP contribution in [0.1, 0.15) is 19.4 Å². The van der Waals surface area contributed by atoms with Crippen molar-refractivity contribution in [2.24, 2.45) is 0 Å².